The molecule has 2 heterocycles. The fourth-order valence-electron chi connectivity index (χ4n) is 2.29. The smallest absolute Gasteiger partial charge is 0.261 e. The van der Waals surface area contributed by atoms with Gasteiger partial charge in [-0.2, -0.15) is 0 Å². The van der Waals surface area contributed by atoms with E-state index in [1.54, 1.807) is 29.4 Å². The number of rotatable bonds is 5. The molecule has 1 aromatic carbocycles. The Morgan fingerprint density at radius 1 is 1.17 bits per heavy atom. The first-order valence-electron chi connectivity index (χ1n) is 7.81. The minimum absolute atomic E-state index is 0.100. The predicted molar refractivity (Wildman–Crippen MR) is 96.3 cm³/mol. The fourth-order valence-corrected chi connectivity index (χ4v) is 3.16. The summed E-state index contributed by atoms with van der Waals surface area (Å²) in [7, 11) is 0. The van der Waals surface area contributed by atoms with Gasteiger partial charge in [0, 0.05) is 24.5 Å². The van der Waals surface area contributed by atoms with Crippen molar-refractivity contribution in [1.82, 2.24) is 15.2 Å². The predicted octanol–water partition coefficient (Wildman–Crippen LogP) is 3.97. The summed E-state index contributed by atoms with van der Waals surface area (Å²) in [6, 6.07) is 11.6. The van der Waals surface area contributed by atoms with Crippen molar-refractivity contribution in [3.63, 3.8) is 0 Å². The maximum absolute atomic E-state index is 12.8. The third kappa shape index (κ3) is 3.49. The zero-order valence-electron chi connectivity index (χ0n) is 13.6. The van der Waals surface area contributed by atoms with Crippen LogP contribution in [0.25, 0.3) is 10.6 Å². The molecule has 0 saturated carbocycles. The molecule has 122 valence electrons. The van der Waals surface area contributed by atoms with Crippen LogP contribution in [-0.4, -0.2) is 27.6 Å². The van der Waals surface area contributed by atoms with Crippen molar-refractivity contribution in [2.75, 3.05) is 11.4 Å². The minimum atomic E-state index is -0.100. The van der Waals surface area contributed by atoms with Crippen LogP contribution in [0, 0.1) is 6.92 Å². The van der Waals surface area contributed by atoms with E-state index in [4.69, 9.17) is 0 Å². The largest absolute Gasteiger partial charge is 0.283 e. The highest BCUT2D eigenvalue weighted by molar-refractivity contribution is 7.18. The van der Waals surface area contributed by atoms with Gasteiger partial charge in [-0.05, 0) is 25.5 Å². The quantitative estimate of drug-likeness (QED) is 0.706. The van der Waals surface area contributed by atoms with Crippen molar-refractivity contribution in [3.8, 4) is 10.6 Å². The van der Waals surface area contributed by atoms with Gasteiger partial charge in [0.05, 0.1) is 5.56 Å². The lowest BCUT2D eigenvalue weighted by molar-refractivity contribution is 0.0986. The zero-order chi connectivity index (χ0) is 16.9. The van der Waals surface area contributed by atoms with Crippen LogP contribution in [0.4, 0.5) is 5.13 Å². The number of nitrogens with zero attached hydrogens (tertiary/aromatic N) is 4. The second-order valence-corrected chi connectivity index (χ2v) is 6.41. The standard InChI is InChI=1S/C18H18N4OS/c1-3-11-22(17(23)15-5-4-10-19-12-15)18-21-20-16(24-18)14-8-6-13(2)7-9-14/h4-10,12H,3,11H2,1-2H3. The van der Waals surface area contributed by atoms with Gasteiger partial charge in [-0.1, -0.05) is 48.1 Å². The van der Waals surface area contributed by atoms with Crippen LogP contribution in [0.3, 0.4) is 0 Å². The highest BCUT2D eigenvalue weighted by Crippen LogP contribution is 2.29. The number of amides is 1. The van der Waals surface area contributed by atoms with Crippen LogP contribution < -0.4 is 4.90 Å². The first kappa shape index (κ1) is 16.3. The van der Waals surface area contributed by atoms with Gasteiger partial charge in [-0.15, -0.1) is 10.2 Å². The van der Waals surface area contributed by atoms with Gasteiger partial charge in [0.2, 0.25) is 5.13 Å². The summed E-state index contributed by atoms with van der Waals surface area (Å²) in [4.78, 5) is 18.4. The second kappa shape index (κ2) is 7.31. The van der Waals surface area contributed by atoms with E-state index in [1.165, 1.54) is 16.9 Å². The molecule has 5 nitrogen and oxygen atoms in total. The number of aryl methyl sites for hydroxylation is 1. The molecule has 0 radical (unpaired) electrons. The number of carbonyl (C=O) groups is 1. The van der Waals surface area contributed by atoms with Crippen molar-refractivity contribution in [1.29, 1.82) is 0 Å². The molecule has 6 heteroatoms. The Kier molecular flexibility index (Phi) is 4.96. The summed E-state index contributed by atoms with van der Waals surface area (Å²) >= 11 is 1.43. The molecule has 0 spiro atoms. The van der Waals surface area contributed by atoms with Crippen molar-refractivity contribution < 1.29 is 4.79 Å². The molecule has 2 aromatic heterocycles. The Morgan fingerprint density at radius 3 is 2.62 bits per heavy atom. The third-order valence-corrected chi connectivity index (χ3v) is 4.54. The summed E-state index contributed by atoms with van der Waals surface area (Å²) in [6.07, 6.45) is 4.07. The van der Waals surface area contributed by atoms with E-state index in [0.29, 0.717) is 17.2 Å². The normalized spacial score (nSPS) is 10.6. The maximum Gasteiger partial charge on any atom is 0.261 e. The topological polar surface area (TPSA) is 59.0 Å². The van der Waals surface area contributed by atoms with E-state index < -0.39 is 0 Å². The summed E-state index contributed by atoms with van der Waals surface area (Å²) in [5, 5.41) is 9.91. The lowest BCUT2D eigenvalue weighted by Crippen LogP contribution is -2.31. The van der Waals surface area contributed by atoms with Crippen molar-refractivity contribution in [2.45, 2.75) is 20.3 Å². The third-order valence-electron chi connectivity index (χ3n) is 3.54. The lowest BCUT2D eigenvalue weighted by Gasteiger charge is -2.18. The molecule has 24 heavy (non-hydrogen) atoms. The van der Waals surface area contributed by atoms with Crippen LogP contribution in [-0.2, 0) is 0 Å². The number of anilines is 1. The molecular formula is C18H18N4OS. The van der Waals surface area contributed by atoms with Crippen LogP contribution in [0.15, 0.2) is 48.8 Å². The molecule has 0 atom stereocenters. The fraction of sp³-hybridized carbons (Fsp3) is 0.222. The van der Waals surface area contributed by atoms with E-state index in [9.17, 15) is 4.79 Å². The maximum atomic E-state index is 12.8. The molecule has 3 rings (SSSR count). The monoisotopic (exact) mass is 338 g/mol. The van der Waals surface area contributed by atoms with Gasteiger partial charge in [0.1, 0.15) is 5.01 Å². The molecule has 0 N–H and O–H groups in total. The first-order valence-corrected chi connectivity index (χ1v) is 8.63. The highest BCUT2D eigenvalue weighted by Gasteiger charge is 2.21. The Labute approximate surface area is 145 Å². The van der Waals surface area contributed by atoms with Crippen LogP contribution >= 0.6 is 11.3 Å². The number of pyridine rings is 1. The molecular weight excluding hydrogens is 320 g/mol. The molecule has 0 aliphatic heterocycles. The van der Waals surface area contributed by atoms with Gasteiger partial charge in [-0.25, -0.2) is 0 Å². The molecule has 3 aromatic rings. The lowest BCUT2D eigenvalue weighted by atomic mass is 10.2. The highest BCUT2D eigenvalue weighted by atomic mass is 32.1. The minimum Gasteiger partial charge on any atom is -0.283 e. The van der Waals surface area contributed by atoms with Crippen molar-refractivity contribution >= 4 is 22.4 Å². The summed E-state index contributed by atoms with van der Waals surface area (Å²) in [6.45, 7) is 4.67. The van der Waals surface area contributed by atoms with Gasteiger partial charge in [0.15, 0.2) is 0 Å². The van der Waals surface area contributed by atoms with Gasteiger partial charge in [0.25, 0.3) is 5.91 Å². The Hall–Kier alpha value is -2.60. The van der Waals surface area contributed by atoms with E-state index in [-0.39, 0.29) is 5.91 Å². The van der Waals surface area contributed by atoms with Crippen LogP contribution in [0.1, 0.15) is 29.3 Å². The second-order valence-electron chi connectivity index (χ2n) is 5.45. The Bertz CT molecular complexity index is 815. The molecule has 0 unspecified atom stereocenters. The van der Waals surface area contributed by atoms with E-state index >= 15 is 0 Å². The van der Waals surface area contributed by atoms with Gasteiger partial charge in [-0.3, -0.25) is 14.7 Å². The summed E-state index contributed by atoms with van der Waals surface area (Å²) < 4.78 is 0. The molecule has 0 aliphatic carbocycles. The van der Waals surface area contributed by atoms with Crippen LogP contribution in [0.2, 0.25) is 0 Å². The molecule has 0 saturated heterocycles. The number of carbonyl (C=O) groups excluding carboxylic acids is 1. The summed E-state index contributed by atoms with van der Waals surface area (Å²) in [5.74, 6) is -0.100. The van der Waals surface area contributed by atoms with Crippen molar-refractivity contribution in [3.05, 3.63) is 59.9 Å². The zero-order valence-corrected chi connectivity index (χ0v) is 14.5. The van der Waals surface area contributed by atoms with E-state index in [1.807, 2.05) is 38.1 Å². The first-order chi connectivity index (χ1) is 11.7. The van der Waals surface area contributed by atoms with Crippen LogP contribution in [0.5, 0.6) is 0 Å². The Morgan fingerprint density at radius 2 is 1.96 bits per heavy atom. The molecule has 0 fully saturated rings. The number of benzene rings is 1. The van der Waals surface area contributed by atoms with Gasteiger partial charge < -0.3 is 0 Å². The average molecular weight is 338 g/mol. The SMILES string of the molecule is CCCN(C(=O)c1cccnc1)c1nnc(-c2ccc(C)cc2)s1. The number of hydrogen-bond acceptors (Lipinski definition) is 5. The number of hydrogen-bond donors (Lipinski definition) is 0. The average Bonchev–Trinajstić information content (AvgIpc) is 3.10. The van der Waals surface area contributed by atoms with Crippen molar-refractivity contribution in [2.24, 2.45) is 0 Å². The summed E-state index contributed by atoms with van der Waals surface area (Å²) in [5.41, 5.74) is 2.76. The van der Waals surface area contributed by atoms with Gasteiger partial charge >= 0.3 is 0 Å². The van der Waals surface area contributed by atoms with E-state index in [2.05, 4.69) is 15.2 Å². The number of aromatic nitrogens is 3. The molecule has 1 amide bonds. The molecule has 0 aliphatic rings. The molecule has 0 bridgehead atoms. The van der Waals surface area contributed by atoms with E-state index in [0.717, 1.165) is 17.0 Å². The Balaban J connectivity index is 1.89.